The predicted molar refractivity (Wildman–Crippen MR) is 81.0 cm³/mol. The highest BCUT2D eigenvalue weighted by molar-refractivity contribution is 5.75. The summed E-state index contributed by atoms with van der Waals surface area (Å²) in [5.74, 6) is 1.13. The number of rotatable bonds is 12. The van der Waals surface area contributed by atoms with Crippen LogP contribution in [0.5, 0.6) is 0 Å². The maximum Gasteiger partial charge on any atom is 0.220 e. The van der Waals surface area contributed by atoms with E-state index in [9.17, 15) is 9.90 Å². The van der Waals surface area contributed by atoms with Crippen LogP contribution in [-0.2, 0) is 4.79 Å². The van der Waals surface area contributed by atoms with Gasteiger partial charge in [0.05, 0.1) is 0 Å². The molecule has 0 saturated carbocycles. The predicted octanol–water partition coefficient (Wildman–Crippen LogP) is 3.51. The van der Waals surface area contributed by atoms with Gasteiger partial charge >= 0.3 is 0 Å². The summed E-state index contributed by atoms with van der Waals surface area (Å²) in [7, 11) is 0. The van der Waals surface area contributed by atoms with Crippen LogP contribution in [0.1, 0.15) is 72.1 Å². The van der Waals surface area contributed by atoms with E-state index < -0.39 is 0 Å². The lowest BCUT2D eigenvalue weighted by atomic mass is 10.0. The molecule has 0 aliphatic carbocycles. The third kappa shape index (κ3) is 12.2. The van der Waals surface area contributed by atoms with Gasteiger partial charge in [-0.15, -0.1) is 0 Å². The van der Waals surface area contributed by atoms with Gasteiger partial charge in [0.15, 0.2) is 0 Å². The number of hydrogen-bond acceptors (Lipinski definition) is 2. The molecule has 0 aromatic rings. The maximum atomic E-state index is 11.6. The summed E-state index contributed by atoms with van der Waals surface area (Å²) >= 11 is 0. The molecule has 0 aliphatic heterocycles. The Morgan fingerprint density at radius 1 is 1.11 bits per heavy atom. The van der Waals surface area contributed by atoms with Crippen molar-refractivity contribution >= 4 is 5.91 Å². The molecule has 0 radical (unpaired) electrons. The number of unbranched alkanes of at least 4 members (excludes halogenated alkanes) is 3. The minimum atomic E-state index is 0.138. The summed E-state index contributed by atoms with van der Waals surface area (Å²) < 4.78 is 0. The molecule has 0 rings (SSSR count). The van der Waals surface area contributed by atoms with Gasteiger partial charge in [0.25, 0.3) is 0 Å². The van der Waals surface area contributed by atoms with Gasteiger partial charge in [-0.2, -0.15) is 0 Å². The molecule has 2 N–H and O–H groups in total. The monoisotopic (exact) mass is 271 g/mol. The number of carbonyl (C=O) groups excluding carboxylic acids is 1. The van der Waals surface area contributed by atoms with Crippen molar-refractivity contribution in [2.75, 3.05) is 13.2 Å². The molecule has 0 heterocycles. The van der Waals surface area contributed by atoms with Crippen LogP contribution in [0.3, 0.4) is 0 Å². The minimum Gasteiger partial charge on any atom is -0.396 e. The molecule has 0 saturated heterocycles. The fourth-order valence-corrected chi connectivity index (χ4v) is 2.11. The molecule has 0 bridgehead atoms. The summed E-state index contributed by atoms with van der Waals surface area (Å²) in [5, 5.41) is 12.2. The number of nitrogens with one attached hydrogen (secondary N) is 1. The Hall–Kier alpha value is -0.570. The third-order valence-corrected chi connectivity index (χ3v) is 3.50. The van der Waals surface area contributed by atoms with E-state index in [0.717, 1.165) is 38.0 Å². The van der Waals surface area contributed by atoms with Crippen LogP contribution in [0.25, 0.3) is 0 Å². The zero-order valence-electron chi connectivity index (χ0n) is 13.1. The zero-order chi connectivity index (χ0) is 14.5. The van der Waals surface area contributed by atoms with Crippen LogP contribution in [0.2, 0.25) is 0 Å². The van der Waals surface area contributed by atoms with Crippen LogP contribution in [0, 0.1) is 11.8 Å². The average Bonchev–Trinajstić information content (AvgIpc) is 2.38. The van der Waals surface area contributed by atoms with Crippen molar-refractivity contribution in [3.63, 3.8) is 0 Å². The Labute approximate surface area is 119 Å². The lowest BCUT2D eigenvalue weighted by molar-refractivity contribution is -0.121. The molecule has 0 spiro atoms. The molecule has 1 amide bonds. The van der Waals surface area contributed by atoms with Gasteiger partial charge < -0.3 is 10.4 Å². The SMILES string of the molecule is CCCCC(CO)CNC(=O)CCCCCC(C)C. The summed E-state index contributed by atoms with van der Waals surface area (Å²) in [6, 6.07) is 0. The topological polar surface area (TPSA) is 49.3 Å². The second kappa shape index (κ2) is 12.5. The summed E-state index contributed by atoms with van der Waals surface area (Å²) in [4.78, 5) is 11.6. The van der Waals surface area contributed by atoms with Crippen LogP contribution in [0.4, 0.5) is 0 Å². The van der Waals surface area contributed by atoms with E-state index in [2.05, 4.69) is 26.1 Å². The second-order valence-electron chi connectivity index (χ2n) is 5.99. The largest absolute Gasteiger partial charge is 0.396 e. The summed E-state index contributed by atoms with van der Waals surface area (Å²) in [6.45, 7) is 7.41. The Balaban J connectivity index is 3.51. The molecule has 1 unspecified atom stereocenters. The molecular formula is C16H33NO2. The van der Waals surface area contributed by atoms with Gasteiger partial charge in [-0.05, 0) is 24.7 Å². The lowest BCUT2D eigenvalue weighted by Gasteiger charge is -2.14. The van der Waals surface area contributed by atoms with Gasteiger partial charge in [-0.1, -0.05) is 52.9 Å². The fourth-order valence-electron chi connectivity index (χ4n) is 2.11. The molecule has 0 aliphatic rings. The number of aliphatic hydroxyl groups is 1. The number of amides is 1. The molecule has 19 heavy (non-hydrogen) atoms. The Bertz CT molecular complexity index is 217. The van der Waals surface area contributed by atoms with Crippen molar-refractivity contribution in [3.8, 4) is 0 Å². The van der Waals surface area contributed by atoms with Crippen molar-refractivity contribution in [1.82, 2.24) is 5.32 Å². The van der Waals surface area contributed by atoms with Crippen LogP contribution in [0.15, 0.2) is 0 Å². The van der Waals surface area contributed by atoms with Crippen molar-refractivity contribution < 1.29 is 9.90 Å². The summed E-state index contributed by atoms with van der Waals surface area (Å²) in [5.41, 5.74) is 0. The smallest absolute Gasteiger partial charge is 0.220 e. The van der Waals surface area contributed by atoms with Gasteiger partial charge in [0, 0.05) is 19.6 Å². The minimum absolute atomic E-state index is 0.138. The van der Waals surface area contributed by atoms with E-state index in [0.29, 0.717) is 13.0 Å². The molecule has 0 aromatic heterocycles. The molecule has 1 atom stereocenters. The molecular weight excluding hydrogens is 238 g/mol. The molecule has 3 heteroatoms. The average molecular weight is 271 g/mol. The van der Waals surface area contributed by atoms with Crippen molar-refractivity contribution in [3.05, 3.63) is 0 Å². The number of carbonyl (C=O) groups is 1. The summed E-state index contributed by atoms with van der Waals surface area (Å²) in [6.07, 6.45) is 8.50. The molecule has 114 valence electrons. The number of hydrogen-bond donors (Lipinski definition) is 2. The van der Waals surface area contributed by atoms with Crippen molar-refractivity contribution in [2.45, 2.75) is 72.1 Å². The molecule has 3 nitrogen and oxygen atoms in total. The van der Waals surface area contributed by atoms with Gasteiger partial charge in [-0.25, -0.2) is 0 Å². The van der Waals surface area contributed by atoms with E-state index >= 15 is 0 Å². The van der Waals surface area contributed by atoms with Crippen LogP contribution >= 0.6 is 0 Å². The quantitative estimate of drug-likeness (QED) is 0.534. The zero-order valence-corrected chi connectivity index (χ0v) is 13.1. The number of aliphatic hydroxyl groups excluding tert-OH is 1. The first-order valence-corrected chi connectivity index (χ1v) is 7.97. The van der Waals surface area contributed by atoms with E-state index in [1.807, 2.05) is 0 Å². The first-order valence-electron chi connectivity index (χ1n) is 7.97. The maximum absolute atomic E-state index is 11.6. The lowest BCUT2D eigenvalue weighted by Crippen LogP contribution is -2.30. The third-order valence-electron chi connectivity index (χ3n) is 3.50. The Morgan fingerprint density at radius 2 is 1.84 bits per heavy atom. The van der Waals surface area contributed by atoms with E-state index in [1.54, 1.807) is 0 Å². The molecule has 0 fully saturated rings. The Kier molecular flexibility index (Phi) is 12.1. The Morgan fingerprint density at radius 3 is 2.42 bits per heavy atom. The van der Waals surface area contributed by atoms with E-state index in [-0.39, 0.29) is 18.4 Å². The highest BCUT2D eigenvalue weighted by Gasteiger charge is 2.08. The van der Waals surface area contributed by atoms with Crippen molar-refractivity contribution in [2.24, 2.45) is 11.8 Å². The first-order chi connectivity index (χ1) is 9.10. The fraction of sp³-hybridized carbons (Fsp3) is 0.938. The van der Waals surface area contributed by atoms with E-state index in [4.69, 9.17) is 0 Å². The van der Waals surface area contributed by atoms with E-state index in [1.165, 1.54) is 12.8 Å². The van der Waals surface area contributed by atoms with Crippen LogP contribution in [-0.4, -0.2) is 24.2 Å². The first kappa shape index (κ1) is 18.4. The van der Waals surface area contributed by atoms with Crippen molar-refractivity contribution in [1.29, 1.82) is 0 Å². The van der Waals surface area contributed by atoms with Crippen LogP contribution < -0.4 is 5.32 Å². The standard InChI is InChI=1S/C16H33NO2/c1-4-5-10-15(13-18)12-17-16(19)11-8-6-7-9-14(2)3/h14-15,18H,4-13H2,1-3H3,(H,17,19). The van der Waals surface area contributed by atoms with Gasteiger partial charge in [0.2, 0.25) is 5.91 Å². The highest BCUT2D eigenvalue weighted by atomic mass is 16.3. The van der Waals surface area contributed by atoms with Gasteiger partial charge in [0.1, 0.15) is 0 Å². The second-order valence-corrected chi connectivity index (χ2v) is 5.99. The van der Waals surface area contributed by atoms with Gasteiger partial charge in [-0.3, -0.25) is 4.79 Å². The normalized spacial score (nSPS) is 12.7. The highest BCUT2D eigenvalue weighted by Crippen LogP contribution is 2.10. The molecule has 0 aromatic carbocycles.